The Hall–Kier alpha value is -2.89. The van der Waals surface area contributed by atoms with Crippen molar-refractivity contribution in [2.24, 2.45) is 0 Å². The fourth-order valence-electron chi connectivity index (χ4n) is 4.35. The zero-order valence-electron chi connectivity index (χ0n) is 22.4. The van der Waals surface area contributed by atoms with E-state index < -0.39 is 18.2 Å². The van der Waals surface area contributed by atoms with E-state index in [0.29, 0.717) is 15.6 Å². The lowest BCUT2D eigenvalue weighted by molar-refractivity contribution is 0.103. The average molecular weight is 587 g/mol. The molecule has 8 heteroatoms. The van der Waals surface area contributed by atoms with Gasteiger partial charge in [0.15, 0.2) is 11.5 Å². The lowest BCUT2D eigenvalue weighted by Gasteiger charge is -2.24. The number of benzene rings is 3. The van der Waals surface area contributed by atoms with Crippen molar-refractivity contribution in [3.63, 3.8) is 0 Å². The van der Waals surface area contributed by atoms with Crippen LogP contribution in [-0.2, 0) is 9.98 Å². The summed E-state index contributed by atoms with van der Waals surface area (Å²) in [5, 5.41) is 0.131. The van der Waals surface area contributed by atoms with E-state index in [9.17, 15) is 14.2 Å². The summed E-state index contributed by atoms with van der Waals surface area (Å²) in [6, 6.07) is 13.6. The molecule has 0 saturated heterocycles. The molecule has 0 radical (unpaired) electrons. The van der Waals surface area contributed by atoms with Crippen LogP contribution in [0.15, 0.2) is 53.0 Å². The topological polar surface area (TPSA) is 78.9 Å². The summed E-state index contributed by atoms with van der Waals surface area (Å²) in [4.78, 5) is 28.7. The van der Waals surface area contributed by atoms with Crippen molar-refractivity contribution < 1.29 is 28.4 Å². The molecular formula is C29H32BrO6P. The molecule has 0 aromatic heterocycles. The van der Waals surface area contributed by atoms with Gasteiger partial charge < -0.3 is 18.8 Å². The zero-order valence-corrected chi connectivity index (χ0v) is 24.9. The predicted molar refractivity (Wildman–Crippen MR) is 151 cm³/mol. The Morgan fingerprint density at radius 1 is 0.784 bits per heavy atom. The SMILES string of the molecule is COc1cc(Br)c(OC)c(C(=O)P(=O)(C(=O)c2c(C)cc(C(C)(C)C)cc2C)c2ccccc2)c1OC. The normalized spacial score (nSPS) is 13.0. The van der Waals surface area contributed by atoms with E-state index in [-0.39, 0.29) is 39.1 Å². The second-order valence-corrected chi connectivity index (χ2v) is 13.2. The summed E-state index contributed by atoms with van der Waals surface area (Å²) >= 11 is 3.40. The number of ether oxygens (including phenoxy) is 3. The first kappa shape index (κ1) is 28.7. The fraction of sp³-hybridized carbons (Fsp3) is 0.310. The molecule has 0 N–H and O–H groups in total. The van der Waals surface area contributed by atoms with Crippen LogP contribution in [0.3, 0.4) is 0 Å². The summed E-state index contributed by atoms with van der Waals surface area (Å²) in [5.41, 5.74) is 0.725. The van der Waals surface area contributed by atoms with Gasteiger partial charge in [-0.25, -0.2) is 0 Å². The first-order chi connectivity index (χ1) is 17.3. The minimum Gasteiger partial charge on any atom is -0.495 e. The van der Waals surface area contributed by atoms with Gasteiger partial charge in [0.1, 0.15) is 11.3 Å². The van der Waals surface area contributed by atoms with Crippen LogP contribution >= 0.6 is 23.1 Å². The van der Waals surface area contributed by atoms with Crippen molar-refractivity contribution in [2.45, 2.75) is 40.0 Å². The number of carbonyl (C=O) groups excluding carboxylic acids is 2. The molecule has 0 spiro atoms. The van der Waals surface area contributed by atoms with E-state index in [4.69, 9.17) is 14.2 Å². The van der Waals surface area contributed by atoms with Gasteiger partial charge in [-0.3, -0.25) is 9.59 Å². The molecular weight excluding hydrogens is 555 g/mol. The van der Waals surface area contributed by atoms with Crippen LogP contribution in [0.1, 0.15) is 58.2 Å². The summed E-state index contributed by atoms with van der Waals surface area (Å²) in [5.74, 6) is 0.364. The standard InChI is InChI=1S/C29H32BrO6P/c1-17-14-19(29(3,4)5)15-18(2)23(17)27(31)37(33,20-12-10-9-11-13-20)28(32)24-25(35-7)21(30)16-22(34-6)26(24)36-8/h9-16H,1-8H3. The van der Waals surface area contributed by atoms with Crippen molar-refractivity contribution >= 4 is 39.4 Å². The molecule has 0 aliphatic rings. The third kappa shape index (κ3) is 5.12. The van der Waals surface area contributed by atoms with E-state index >= 15 is 0 Å². The highest BCUT2D eigenvalue weighted by molar-refractivity contribution is 9.10. The van der Waals surface area contributed by atoms with Crippen LogP contribution in [0.5, 0.6) is 17.2 Å². The maximum atomic E-state index is 15.0. The van der Waals surface area contributed by atoms with Gasteiger partial charge in [0.2, 0.25) is 18.2 Å². The smallest absolute Gasteiger partial charge is 0.249 e. The number of hydrogen-bond acceptors (Lipinski definition) is 6. The molecule has 1 unspecified atom stereocenters. The minimum atomic E-state index is -4.45. The van der Waals surface area contributed by atoms with Gasteiger partial charge in [0.25, 0.3) is 0 Å². The van der Waals surface area contributed by atoms with Crippen LogP contribution in [0.2, 0.25) is 0 Å². The van der Waals surface area contributed by atoms with Gasteiger partial charge in [-0.2, -0.15) is 0 Å². The maximum absolute atomic E-state index is 15.0. The number of halogens is 1. The summed E-state index contributed by atoms with van der Waals surface area (Å²) < 4.78 is 31.8. The molecule has 0 aliphatic heterocycles. The number of methoxy groups -OCH3 is 3. The Balaban J connectivity index is 2.38. The zero-order chi connectivity index (χ0) is 27.7. The van der Waals surface area contributed by atoms with Crippen LogP contribution in [-0.4, -0.2) is 32.4 Å². The van der Waals surface area contributed by atoms with Crippen LogP contribution in [0.25, 0.3) is 0 Å². The molecule has 0 amide bonds. The van der Waals surface area contributed by atoms with E-state index in [0.717, 1.165) is 5.56 Å². The molecule has 37 heavy (non-hydrogen) atoms. The highest BCUT2D eigenvalue weighted by Gasteiger charge is 2.47. The number of hydrogen-bond donors (Lipinski definition) is 0. The molecule has 0 aliphatic carbocycles. The third-order valence-corrected chi connectivity index (χ3v) is 9.50. The molecule has 3 rings (SSSR count). The Bertz CT molecular complexity index is 1380. The van der Waals surface area contributed by atoms with Gasteiger partial charge >= 0.3 is 0 Å². The van der Waals surface area contributed by atoms with Crippen molar-refractivity contribution in [1.82, 2.24) is 0 Å². The largest absolute Gasteiger partial charge is 0.495 e. The number of aryl methyl sites for hydroxylation is 2. The second-order valence-electron chi connectivity index (χ2n) is 9.79. The van der Waals surface area contributed by atoms with Crippen LogP contribution < -0.4 is 19.5 Å². The molecule has 0 fully saturated rings. The summed E-state index contributed by atoms with van der Waals surface area (Å²) in [6.45, 7) is 9.86. The molecule has 1 atom stereocenters. The second kappa shape index (κ2) is 10.8. The van der Waals surface area contributed by atoms with E-state index in [1.807, 2.05) is 12.1 Å². The van der Waals surface area contributed by atoms with Crippen molar-refractivity contribution in [2.75, 3.05) is 21.3 Å². The molecule has 196 valence electrons. The van der Waals surface area contributed by atoms with Crippen molar-refractivity contribution in [1.29, 1.82) is 0 Å². The van der Waals surface area contributed by atoms with E-state index in [1.165, 1.54) is 21.3 Å². The Morgan fingerprint density at radius 3 is 1.76 bits per heavy atom. The fourth-order valence-corrected chi connectivity index (χ4v) is 7.35. The van der Waals surface area contributed by atoms with Gasteiger partial charge in [-0.1, -0.05) is 63.2 Å². The molecule has 0 saturated carbocycles. The van der Waals surface area contributed by atoms with Gasteiger partial charge in [0.05, 0.1) is 25.8 Å². The van der Waals surface area contributed by atoms with Crippen LogP contribution in [0.4, 0.5) is 0 Å². The molecule has 6 nitrogen and oxygen atoms in total. The van der Waals surface area contributed by atoms with Crippen LogP contribution in [0, 0.1) is 13.8 Å². The van der Waals surface area contributed by atoms with E-state index in [2.05, 4.69) is 36.7 Å². The van der Waals surface area contributed by atoms with Crippen molar-refractivity contribution in [3.8, 4) is 17.2 Å². The van der Waals surface area contributed by atoms with E-state index in [1.54, 1.807) is 50.2 Å². The molecule has 3 aromatic carbocycles. The quantitative estimate of drug-likeness (QED) is 0.263. The number of carbonyl (C=O) groups is 2. The lowest BCUT2D eigenvalue weighted by Crippen LogP contribution is -2.23. The first-order valence-electron chi connectivity index (χ1n) is 11.7. The highest BCUT2D eigenvalue weighted by Crippen LogP contribution is 2.56. The molecule has 3 aromatic rings. The molecule has 0 heterocycles. The van der Waals surface area contributed by atoms with Gasteiger partial charge in [-0.05, 0) is 51.9 Å². The Morgan fingerprint density at radius 2 is 1.30 bits per heavy atom. The highest BCUT2D eigenvalue weighted by atomic mass is 79.9. The monoisotopic (exact) mass is 586 g/mol. The first-order valence-corrected chi connectivity index (χ1v) is 14.2. The number of rotatable bonds is 8. The van der Waals surface area contributed by atoms with Gasteiger partial charge in [-0.15, -0.1) is 0 Å². The Labute approximate surface area is 226 Å². The summed E-state index contributed by atoms with van der Waals surface area (Å²) in [6.07, 6.45) is 0. The molecule has 0 bridgehead atoms. The minimum absolute atomic E-state index is 0.0352. The maximum Gasteiger partial charge on any atom is 0.249 e. The average Bonchev–Trinajstić information content (AvgIpc) is 2.86. The summed E-state index contributed by atoms with van der Waals surface area (Å²) in [7, 11) is -0.267. The van der Waals surface area contributed by atoms with Crippen molar-refractivity contribution in [3.05, 3.63) is 80.8 Å². The Kier molecular flexibility index (Phi) is 8.40. The lowest BCUT2D eigenvalue weighted by atomic mass is 9.84. The third-order valence-electron chi connectivity index (χ3n) is 6.30. The van der Waals surface area contributed by atoms with Gasteiger partial charge in [0, 0.05) is 16.9 Å². The predicted octanol–water partition coefficient (Wildman–Crippen LogP) is 7.06.